The number of hydrogen-bond acceptors (Lipinski definition) is 2. The molecule has 0 aromatic carbocycles. The number of ether oxygens (including phenoxy) is 1. The molecule has 0 radical (unpaired) electrons. The van der Waals surface area contributed by atoms with Crippen molar-refractivity contribution in [2.75, 3.05) is 13.7 Å². The third kappa shape index (κ3) is 2.85. The molecule has 2 rings (SSSR count). The Morgan fingerprint density at radius 2 is 1.76 bits per heavy atom. The molecule has 0 aliphatic heterocycles. The minimum Gasteiger partial charge on any atom is -0.377 e. The third-order valence-corrected chi connectivity index (χ3v) is 4.97. The monoisotopic (exact) mass is 239 g/mol. The molecule has 0 aromatic heterocycles. The second kappa shape index (κ2) is 6.19. The van der Waals surface area contributed by atoms with Crippen molar-refractivity contribution in [3.8, 4) is 0 Å². The lowest BCUT2D eigenvalue weighted by atomic mass is 9.70. The van der Waals surface area contributed by atoms with Crippen molar-refractivity contribution < 1.29 is 4.74 Å². The lowest BCUT2D eigenvalue weighted by Crippen LogP contribution is -2.57. The van der Waals surface area contributed by atoms with E-state index in [0.717, 1.165) is 12.5 Å². The summed E-state index contributed by atoms with van der Waals surface area (Å²) < 4.78 is 6.07. The van der Waals surface area contributed by atoms with E-state index in [1.807, 2.05) is 7.11 Å². The van der Waals surface area contributed by atoms with Gasteiger partial charge in [0.2, 0.25) is 0 Å². The number of hydrogen-bond donors (Lipinski definition) is 1. The summed E-state index contributed by atoms with van der Waals surface area (Å²) in [4.78, 5) is 0. The largest absolute Gasteiger partial charge is 0.377 e. The number of nitrogens with one attached hydrogen (secondary N) is 1. The van der Waals surface area contributed by atoms with Crippen LogP contribution in [0.1, 0.15) is 64.7 Å². The smallest absolute Gasteiger partial charge is 0.0833 e. The van der Waals surface area contributed by atoms with Crippen molar-refractivity contribution in [1.82, 2.24) is 5.32 Å². The fourth-order valence-corrected chi connectivity index (χ4v) is 3.74. The molecule has 100 valence electrons. The average Bonchev–Trinajstić information content (AvgIpc) is 2.52. The highest BCUT2D eigenvalue weighted by atomic mass is 16.5. The Balaban J connectivity index is 2.09. The summed E-state index contributed by atoms with van der Waals surface area (Å²) >= 11 is 0. The van der Waals surface area contributed by atoms with E-state index >= 15 is 0 Å². The number of likely N-dealkylation sites (N-methyl/N-ethyl adjacent to an activating group) is 1. The van der Waals surface area contributed by atoms with E-state index < -0.39 is 0 Å². The van der Waals surface area contributed by atoms with Crippen LogP contribution in [0.25, 0.3) is 0 Å². The van der Waals surface area contributed by atoms with Gasteiger partial charge in [-0.2, -0.15) is 0 Å². The van der Waals surface area contributed by atoms with Crippen molar-refractivity contribution in [3.63, 3.8) is 0 Å². The average molecular weight is 239 g/mol. The van der Waals surface area contributed by atoms with Gasteiger partial charge in [-0.05, 0) is 38.1 Å². The van der Waals surface area contributed by atoms with Crippen LogP contribution in [-0.2, 0) is 4.74 Å². The Labute approximate surface area is 107 Å². The van der Waals surface area contributed by atoms with Gasteiger partial charge in [0.15, 0.2) is 0 Å². The van der Waals surface area contributed by atoms with Gasteiger partial charge in [0.25, 0.3) is 0 Å². The molecule has 2 aliphatic carbocycles. The maximum atomic E-state index is 6.07. The molecule has 2 fully saturated rings. The second-order valence-corrected chi connectivity index (χ2v) is 5.91. The van der Waals surface area contributed by atoms with Gasteiger partial charge in [-0.3, -0.25) is 0 Å². The highest BCUT2D eigenvalue weighted by Crippen LogP contribution is 2.41. The molecule has 2 saturated carbocycles. The minimum atomic E-state index is 0.137. The maximum Gasteiger partial charge on any atom is 0.0833 e. The van der Waals surface area contributed by atoms with Crippen molar-refractivity contribution in [2.45, 2.75) is 76.4 Å². The molecule has 0 saturated heterocycles. The van der Waals surface area contributed by atoms with Gasteiger partial charge in [-0.15, -0.1) is 0 Å². The Bertz CT molecular complexity index is 217. The molecular weight excluding hydrogens is 210 g/mol. The van der Waals surface area contributed by atoms with Gasteiger partial charge in [-0.1, -0.05) is 39.0 Å². The predicted octanol–water partition coefficient (Wildman–Crippen LogP) is 3.50. The summed E-state index contributed by atoms with van der Waals surface area (Å²) in [7, 11) is 1.94. The van der Waals surface area contributed by atoms with E-state index in [1.54, 1.807) is 0 Å². The maximum absolute atomic E-state index is 6.07. The standard InChI is InChI=1S/C15H29NO/c1-3-16-14(13-9-8-10-13)15(17-2)11-6-4-5-7-12-15/h13-14,16H,3-12H2,1-2H3. The molecule has 1 N–H and O–H groups in total. The first-order valence-electron chi connectivity index (χ1n) is 7.61. The Hall–Kier alpha value is -0.0800. The predicted molar refractivity (Wildman–Crippen MR) is 72.2 cm³/mol. The van der Waals surface area contributed by atoms with Crippen LogP contribution in [0.2, 0.25) is 0 Å². The second-order valence-electron chi connectivity index (χ2n) is 5.91. The molecule has 0 aromatic rings. The number of rotatable bonds is 5. The van der Waals surface area contributed by atoms with Gasteiger partial charge in [0.1, 0.15) is 0 Å². The van der Waals surface area contributed by atoms with Crippen LogP contribution in [0.3, 0.4) is 0 Å². The zero-order valence-electron chi connectivity index (χ0n) is 11.6. The van der Waals surface area contributed by atoms with Gasteiger partial charge in [0, 0.05) is 13.2 Å². The lowest BCUT2D eigenvalue weighted by molar-refractivity contribution is -0.0771. The van der Waals surface area contributed by atoms with Crippen LogP contribution < -0.4 is 5.32 Å². The van der Waals surface area contributed by atoms with Crippen LogP contribution in [0.5, 0.6) is 0 Å². The molecular formula is C15H29NO. The van der Waals surface area contributed by atoms with Crippen molar-refractivity contribution in [1.29, 1.82) is 0 Å². The molecule has 0 bridgehead atoms. The van der Waals surface area contributed by atoms with Crippen LogP contribution in [-0.4, -0.2) is 25.3 Å². The quantitative estimate of drug-likeness (QED) is 0.741. The van der Waals surface area contributed by atoms with Gasteiger partial charge in [0.05, 0.1) is 5.60 Å². The van der Waals surface area contributed by atoms with Gasteiger partial charge >= 0.3 is 0 Å². The zero-order chi connectivity index (χ0) is 12.1. The molecule has 17 heavy (non-hydrogen) atoms. The molecule has 0 heterocycles. The summed E-state index contributed by atoms with van der Waals surface area (Å²) in [5, 5.41) is 3.75. The molecule has 2 aliphatic rings. The van der Waals surface area contributed by atoms with Crippen LogP contribution >= 0.6 is 0 Å². The van der Waals surface area contributed by atoms with E-state index in [2.05, 4.69) is 12.2 Å². The highest BCUT2D eigenvalue weighted by molar-refractivity contribution is 4.99. The summed E-state index contributed by atoms with van der Waals surface area (Å²) in [6.07, 6.45) is 12.3. The van der Waals surface area contributed by atoms with Crippen molar-refractivity contribution in [2.24, 2.45) is 5.92 Å². The summed E-state index contributed by atoms with van der Waals surface area (Å²) in [6.45, 7) is 3.30. The molecule has 0 spiro atoms. The first-order chi connectivity index (χ1) is 8.32. The van der Waals surface area contributed by atoms with Gasteiger partial charge in [-0.25, -0.2) is 0 Å². The lowest BCUT2D eigenvalue weighted by Gasteiger charge is -2.46. The Kier molecular flexibility index (Phi) is 4.87. The normalized spacial score (nSPS) is 27.2. The molecule has 2 nitrogen and oxygen atoms in total. The van der Waals surface area contributed by atoms with E-state index in [-0.39, 0.29) is 5.60 Å². The zero-order valence-corrected chi connectivity index (χ0v) is 11.6. The van der Waals surface area contributed by atoms with Crippen molar-refractivity contribution >= 4 is 0 Å². The summed E-state index contributed by atoms with van der Waals surface area (Å²) in [5.41, 5.74) is 0.137. The van der Waals surface area contributed by atoms with E-state index in [9.17, 15) is 0 Å². The van der Waals surface area contributed by atoms with Crippen LogP contribution in [0.15, 0.2) is 0 Å². The SMILES string of the molecule is CCNC(C1CCC1)C1(OC)CCCCCC1. The molecule has 0 amide bonds. The molecule has 1 atom stereocenters. The minimum absolute atomic E-state index is 0.137. The first-order valence-corrected chi connectivity index (χ1v) is 7.61. The van der Waals surface area contributed by atoms with Gasteiger partial charge < -0.3 is 10.1 Å². The highest BCUT2D eigenvalue weighted by Gasteiger charge is 2.44. The topological polar surface area (TPSA) is 21.3 Å². The molecule has 2 heteroatoms. The van der Waals surface area contributed by atoms with E-state index in [1.165, 1.54) is 57.8 Å². The number of methoxy groups -OCH3 is 1. The van der Waals surface area contributed by atoms with E-state index in [0.29, 0.717) is 6.04 Å². The van der Waals surface area contributed by atoms with Crippen LogP contribution in [0.4, 0.5) is 0 Å². The summed E-state index contributed by atoms with van der Waals surface area (Å²) in [6, 6.07) is 0.601. The summed E-state index contributed by atoms with van der Waals surface area (Å²) in [5.74, 6) is 0.869. The third-order valence-electron chi connectivity index (χ3n) is 4.97. The first kappa shape index (κ1) is 13.4. The Morgan fingerprint density at radius 3 is 2.18 bits per heavy atom. The fourth-order valence-electron chi connectivity index (χ4n) is 3.74. The van der Waals surface area contributed by atoms with Crippen LogP contribution in [0, 0.1) is 5.92 Å². The van der Waals surface area contributed by atoms with Crippen molar-refractivity contribution in [3.05, 3.63) is 0 Å². The Morgan fingerprint density at radius 1 is 1.12 bits per heavy atom. The molecule has 1 unspecified atom stereocenters. The fraction of sp³-hybridized carbons (Fsp3) is 1.00. The van der Waals surface area contributed by atoms with E-state index in [4.69, 9.17) is 4.74 Å².